The fraction of sp³-hybridized carbons (Fsp3) is 0.286. The Kier molecular flexibility index (Phi) is 25.0. The molecule has 0 aromatic carbocycles. The number of aliphatic hydroxyl groups is 1. The Hall–Kier alpha value is -5.91. The highest BCUT2D eigenvalue weighted by Crippen LogP contribution is 2.61. The van der Waals surface area contributed by atoms with Gasteiger partial charge in [-0.2, -0.15) is 0 Å². The fourth-order valence-corrected chi connectivity index (χ4v) is 6.03. The molecule has 374 valence electrons. The van der Waals surface area contributed by atoms with Crippen LogP contribution in [0.5, 0.6) is 11.5 Å². The predicted octanol–water partition coefficient (Wildman–Crippen LogP) is 9.95. The van der Waals surface area contributed by atoms with Crippen LogP contribution in [0.2, 0.25) is 5.15 Å². The molecule has 70 heavy (non-hydrogen) atoms. The third-order valence-electron chi connectivity index (χ3n) is 8.31. The standard InChI is InChI=1S/C11H7ClN4O2.C11H8N4O3.C8H19N.C7H4BrN3O.C4H5NO2.CH4.Cl3OP/c12-11-10-8(15-6-16-11)3-7(4-14-10)18-5-9-13-1-2-17-9;16-11-10-8(14-6-15-11)3-7(4-13-10)18-5-9-12-1-2-17-9;1-6-9(7(2)3)8(4)5;8-4-1-5-6(9-2-4)7(12)11-3-10-5;6-3-4-5-1-2-7-4;;1-5(2,3)4/h1-4,6H,5H2;1-4,6H,5H2,(H,14,15,16);7-8H,6H2,1-5H3;1-3H,(H,10,11,12);1-2,6H,3H2;1H4;. The van der Waals surface area contributed by atoms with Gasteiger partial charge < -0.3 is 37.8 Å². The number of fused-ring (bicyclic) bond motifs is 3. The zero-order chi connectivity index (χ0) is 50.3. The van der Waals surface area contributed by atoms with E-state index in [0.29, 0.717) is 74.0 Å². The zero-order valence-electron chi connectivity index (χ0n) is 37.1. The van der Waals surface area contributed by atoms with Crippen molar-refractivity contribution >= 4 is 99.6 Å². The minimum atomic E-state index is -3.22. The van der Waals surface area contributed by atoms with E-state index in [-0.39, 0.29) is 43.9 Å². The number of aliphatic hydroxyl groups excluding tert-OH is 1. The molecule has 0 spiro atoms. The number of rotatable bonds is 10. The van der Waals surface area contributed by atoms with Gasteiger partial charge >= 0.3 is 5.20 Å². The van der Waals surface area contributed by atoms with E-state index in [1.165, 1.54) is 50.2 Å². The number of oxazole rings is 3. The Morgan fingerprint density at radius 1 is 0.671 bits per heavy atom. The van der Waals surface area contributed by atoms with E-state index < -0.39 is 5.20 Å². The van der Waals surface area contributed by atoms with Gasteiger partial charge in [0.15, 0.2) is 29.4 Å². The van der Waals surface area contributed by atoms with Crippen LogP contribution in [0.3, 0.4) is 0 Å². The van der Waals surface area contributed by atoms with Gasteiger partial charge in [0.05, 0.1) is 60.2 Å². The molecule has 0 aliphatic carbocycles. The SMILES string of the molecule is C.CCN(C(C)C)C(C)C.Clc1ncnc2cc(OCc3ncco3)cnc12.O=P(Cl)(Cl)Cl.O=c1[nH]cnc2cc(Br)cnc12.O=c1[nH]cnc2cc(OCc3ncco3)cnc12.OCc1ncco1. The van der Waals surface area contributed by atoms with Gasteiger partial charge in [-0.1, -0.05) is 26.0 Å². The predicted molar refractivity (Wildman–Crippen MR) is 269 cm³/mol. The van der Waals surface area contributed by atoms with E-state index >= 15 is 0 Å². The molecule has 0 radical (unpaired) electrons. The maximum atomic E-state index is 11.4. The molecule has 28 heteroatoms. The first-order valence-corrected chi connectivity index (χ1v) is 25.6. The summed E-state index contributed by atoms with van der Waals surface area (Å²) in [5, 5.41) is 5.37. The van der Waals surface area contributed by atoms with Crippen molar-refractivity contribution in [3.05, 3.63) is 141 Å². The smallest absolute Gasteiger partial charge is 0.339 e. The molecule has 0 fully saturated rings. The first-order valence-electron chi connectivity index (χ1n) is 20.0. The lowest BCUT2D eigenvalue weighted by Crippen LogP contribution is -2.36. The van der Waals surface area contributed by atoms with E-state index in [2.05, 4.69) is 153 Å². The van der Waals surface area contributed by atoms with Crippen LogP contribution in [-0.4, -0.2) is 88.4 Å². The summed E-state index contributed by atoms with van der Waals surface area (Å²) in [7, 11) is 0. The van der Waals surface area contributed by atoms with E-state index in [4.69, 9.17) is 35.0 Å². The lowest BCUT2D eigenvalue weighted by Gasteiger charge is -2.28. The first kappa shape index (κ1) is 58.4. The summed E-state index contributed by atoms with van der Waals surface area (Å²) in [5.74, 6) is 2.39. The van der Waals surface area contributed by atoms with Crippen molar-refractivity contribution in [1.29, 1.82) is 0 Å². The van der Waals surface area contributed by atoms with E-state index in [1.807, 2.05) is 0 Å². The second kappa shape index (κ2) is 30.0. The molecule has 9 aromatic rings. The van der Waals surface area contributed by atoms with Crippen molar-refractivity contribution in [2.45, 2.75) is 73.9 Å². The van der Waals surface area contributed by atoms with Crippen molar-refractivity contribution in [2.24, 2.45) is 0 Å². The lowest BCUT2D eigenvalue weighted by atomic mass is 10.2. The summed E-state index contributed by atoms with van der Waals surface area (Å²) in [6.45, 7) is 12.6. The number of ether oxygens (including phenoxy) is 2. The van der Waals surface area contributed by atoms with Crippen LogP contribution < -0.4 is 20.6 Å². The number of halogens is 5. The van der Waals surface area contributed by atoms with Crippen molar-refractivity contribution in [3.63, 3.8) is 0 Å². The largest absolute Gasteiger partial charge is 0.482 e. The number of H-pyrrole nitrogens is 2. The first-order chi connectivity index (χ1) is 32.9. The van der Waals surface area contributed by atoms with Crippen LogP contribution in [0.25, 0.3) is 33.1 Å². The topological polar surface area (TPSA) is 293 Å². The van der Waals surface area contributed by atoms with Gasteiger partial charge in [-0.25, -0.2) is 49.8 Å². The van der Waals surface area contributed by atoms with Gasteiger partial charge in [-0.15, -0.1) is 0 Å². The molecule has 0 aliphatic rings. The maximum absolute atomic E-state index is 11.4. The average Bonchev–Trinajstić information content (AvgIpc) is 4.14. The number of nitrogens with zero attached hydrogens (tertiary/aromatic N) is 11. The van der Waals surface area contributed by atoms with Crippen molar-refractivity contribution in [1.82, 2.24) is 64.7 Å². The summed E-state index contributed by atoms with van der Waals surface area (Å²) in [4.78, 5) is 69.3. The number of hydrogen-bond donors (Lipinski definition) is 3. The molecule has 0 aliphatic heterocycles. The monoisotopic (exact) mass is 1130 g/mol. The molecule has 22 nitrogen and oxygen atoms in total. The molecule has 0 unspecified atom stereocenters. The van der Waals surface area contributed by atoms with Crippen molar-refractivity contribution in [2.75, 3.05) is 6.54 Å². The second-order valence-corrected chi connectivity index (χ2v) is 21.6. The number of nitrogens with one attached hydrogen (secondary N) is 2. The Morgan fingerprint density at radius 2 is 1.10 bits per heavy atom. The Bertz CT molecular complexity index is 3060. The minimum absolute atomic E-state index is 0. The second-order valence-electron chi connectivity index (χ2n) is 13.7. The van der Waals surface area contributed by atoms with E-state index in [0.717, 1.165) is 11.0 Å². The molecule has 9 heterocycles. The molecule has 0 amide bonds. The molecule has 0 saturated heterocycles. The van der Waals surface area contributed by atoms with Crippen LogP contribution in [0.1, 0.15) is 59.7 Å². The fourth-order valence-electron chi connectivity index (χ4n) is 5.52. The summed E-state index contributed by atoms with van der Waals surface area (Å²) in [6, 6.07) is 6.50. The molecule has 0 atom stereocenters. The normalized spacial score (nSPS) is 10.6. The molecule has 0 saturated carbocycles. The molecular weight excluding hydrogens is 1080 g/mol. The molecule has 0 bridgehead atoms. The van der Waals surface area contributed by atoms with Crippen LogP contribution >= 0.6 is 66.5 Å². The minimum Gasteiger partial charge on any atom is -0.482 e. The number of pyridine rings is 3. The van der Waals surface area contributed by atoms with E-state index in [9.17, 15) is 14.2 Å². The lowest BCUT2D eigenvalue weighted by molar-refractivity contribution is 0.185. The van der Waals surface area contributed by atoms with Gasteiger partial charge in [0.2, 0.25) is 17.7 Å². The number of hydrogen-bond acceptors (Lipinski definition) is 20. The molecule has 3 N–H and O–H groups in total. The van der Waals surface area contributed by atoms with Crippen LogP contribution in [-0.2, 0) is 24.4 Å². The van der Waals surface area contributed by atoms with Gasteiger partial charge in [0.25, 0.3) is 11.1 Å². The molecular formula is C42H47BrCl4N13O9P. The van der Waals surface area contributed by atoms with Gasteiger partial charge in [0.1, 0.15) is 48.7 Å². The quantitative estimate of drug-likeness (QED) is 0.0847. The zero-order valence-corrected chi connectivity index (χ0v) is 42.6. The Balaban J connectivity index is 0.000000233. The summed E-state index contributed by atoms with van der Waals surface area (Å²) < 4.78 is 35.9. The van der Waals surface area contributed by atoms with Crippen LogP contribution in [0.4, 0.5) is 0 Å². The number of aromatic nitrogens is 12. The average molecular weight is 1130 g/mol. The third kappa shape index (κ3) is 20.6. The van der Waals surface area contributed by atoms with Crippen LogP contribution in [0.15, 0.2) is 120 Å². The summed E-state index contributed by atoms with van der Waals surface area (Å²) in [6.07, 6.45) is 17.6. The van der Waals surface area contributed by atoms with Gasteiger partial charge in [0, 0.05) is 34.9 Å². The van der Waals surface area contributed by atoms with Crippen molar-refractivity contribution in [3.8, 4) is 11.5 Å². The van der Waals surface area contributed by atoms with Crippen molar-refractivity contribution < 1.29 is 32.4 Å². The van der Waals surface area contributed by atoms with Gasteiger partial charge in [-0.3, -0.25) is 19.1 Å². The maximum Gasteiger partial charge on any atom is 0.339 e. The summed E-state index contributed by atoms with van der Waals surface area (Å²) in [5.41, 5.74) is 2.38. The Labute approximate surface area is 427 Å². The third-order valence-corrected chi connectivity index (χ3v) is 9.02. The molecule has 9 rings (SSSR count). The highest BCUT2D eigenvalue weighted by atomic mass is 79.9. The highest BCUT2D eigenvalue weighted by molar-refractivity contribution is 9.10. The van der Waals surface area contributed by atoms with Crippen LogP contribution in [0, 0.1) is 0 Å². The Morgan fingerprint density at radius 3 is 1.50 bits per heavy atom. The molecule has 9 aromatic heterocycles. The number of aromatic amines is 2. The van der Waals surface area contributed by atoms with Gasteiger partial charge in [-0.05, 0) is 90.0 Å². The summed E-state index contributed by atoms with van der Waals surface area (Å²) >= 11 is 23.0. The van der Waals surface area contributed by atoms with E-state index in [1.54, 1.807) is 43.0 Å². The highest BCUT2D eigenvalue weighted by Gasteiger charge is 2.10.